The summed E-state index contributed by atoms with van der Waals surface area (Å²) in [6, 6.07) is 0. The molecule has 5 rings (SSSR count). The number of rotatable bonds is 6. The summed E-state index contributed by atoms with van der Waals surface area (Å²) >= 11 is 2.75. The molecule has 2 N–H and O–H groups in total. The maximum absolute atomic E-state index is 13.3. The highest BCUT2D eigenvalue weighted by atomic mass is 32.1. The van der Waals surface area contributed by atoms with Crippen molar-refractivity contribution in [2.45, 2.75) is 91.6 Å². The summed E-state index contributed by atoms with van der Waals surface area (Å²) < 4.78 is 12.1. The van der Waals surface area contributed by atoms with Gasteiger partial charge in [0.1, 0.15) is 22.2 Å². The largest absolute Gasteiger partial charge is 0.457 e. The molecule has 0 saturated heterocycles. The quantitative estimate of drug-likeness (QED) is 0.220. The number of aliphatic hydroxyl groups excluding tert-OH is 2. The molecule has 8 nitrogen and oxygen atoms in total. The summed E-state index contributed by atoms with van der Waals surface area (Å²) in [5.41, 5.74) is -0.975. The highest BCUT2D eigenvalue weighted by Crippen LogP contribution is 2.42. The Kier molecular flexibility index (Phi) is 14.2. The van der Waals surface area contributed by atoms with Crippen LogP contribution in [0, 0.1) is 34.5 Å². The number of esters is 2. The van der Waals surface area contributed by atoms with Gasteiger partial charge in [-0.2, -0.15) is 0 Å². The number of allylic oxidation sites excluding steroid dienone is 10. The fourth-order valence-electron chi connectivity index (χ4n) is 6.34. The SMILES string of the molecule is C/C=C/[C@H](O)C(C)(C)[C@@H]1C/C=C\[C@H]2C[C@H]2/C=C/C=C\c2nc(cs2)C(=O)O[C@H](C(C)(C)[C@@H](O)/C=C/C)C/C=C\C2CC2/C=C/C=C\c2nc(cs2)C(=O)O1. The molecule has 3 heterocycles. The molecule has 2 aromatic rings. The van der Waals surface area contributed by atoms with Gasteiger partial charge in [-0.25, -0.2) is 19.6 Å². The highest BCUT2D eigenvalue weighted by molar-refractivity contribution is 7.11. The van der Waals surface area contributed by atoms with Crippen LogP contribution in [0.5, 0.6) is 0 Å². The van der Waals surface area contributed by atoms with Gasteiger partial charge in [0.25, 0.3) is 0 Å². The van der Waals surface area contributed by atoms with Gasteiger partial charge in [0.05, 0.1) is 12.2 Å². The van der Waals surface area contributed by atoms with Crippen LogP contribution in [0.25, 0.3) is 12.2 Å². The standard InChI is InChI=1S/C44H54N2O6S2/c1-7-15-35(47)43(3,4)37-21-13-19-31-25-29(31)17-9-12-24-40-46-34(28-54-40)42(50)52-38(44(5,6)36(48)16-8-2)22-14-20-32-26-30(32)18-10-11-23-39-45-33(27-53-39)41(49)51-37/h7-20,23-24,27-32,35-38,47-48H,21-22,25-26H2,1-6H3/b15-7+,16-8+,17-9+,18-10+,19-13-,20-14-,23-11-,24-12-/t29-,30?,31+,32?,35+,36+,37+,38+/m1/s1. The van der Waals surface area contributed by atoms with Crippen molar-refractivity contribution in [2.24, 2.45) is 34.5 Å². The molecule has 288 valence electrons. The van der Waals surface area contributed by atoms with Crippen LogP contribution in [0.1, 0.15) is 98.2 Å². The Hall–Kier alpha value is -3.96. The van der Waals surface area contributed by atoms with Crippen molar-refractivity contribution in [3.8, 4) is 0 Å². The average molecular weight is 771 g/mol. The molecule has 10 heteroatoms. The minimum Gasteiger partial charge on any atom is -0.457 e. The van der Waals surface area contributed by atoms with Crippen molar-refractivity contribution in [3.05, 3.63) is 117 Å². The minimum absolute atomic E-state index is 0.251. The zero-order valence-corrected chi connectivity index (χ0v) is 33.7. The van der Waals surface area contributed by atoms with Crippen LogP contribution in [-0.4, -0.2) is 56.5 Å². The Morgan fingerprint density at radius 1 is 0.667 bits per heavy atom. The number of fused-ring (bicyclic) bond motifs is 6. The molecule has 8 atom stereocenters. The second-order valence-corrected chi connectivity index (χ2v) is 17.2. The fourth-order valence-corrected chi connectivity index (χ4v) is 7.72. The topological polar surface area (TPSA) is 119 Å². The number of hydrogen-bond acceptors (Lipinski definition) is 10. The number of carbonyl (C=O) groups excluding carboxylic acids is 2. The molecule has 0 aromatic carbocycles. The van der Waals surface area contributed by atoms with Crippen LogP contribution >= 0.6 is 22.7 Å². The van der Waals surface area contributed by atoms with Crippen LogP contribution in [0.2, 0.25) is 0 Å². The molecule has 2 saturated carbocycles. The Morgan fingerprint density at radius 3 is 1.44 bits per heavy atom. The van der Waals surface area contributed by atoms with E-state index in [4.69, 9.17) is 9.47 Å². The first-order chi connectivity index (χ1) is 25.8. The Balaban J connectivity index is 1.35. The van der Waals surface area contributed by atoms with Crippen molar-refractivity contribution < 1.29 is 29.3 Å². The molecule has 0 amide bonds. The van der Waals surface area contributed by atoms with E-state index in [-0.39, 0.29) is 11.4 Å². The van der Waals surface area contributed by atoms with Gasteiger partial charge >= 0.3 is 11.9 Å². The number of aliphatic hydroxyl groups is 2. The molecule has 3 aliphatic rings. The van der Waals surface area contributed by atoms with Crippen molar-refractivity contribution in [3.63, 3.8) is 0 Å². The lowest BCUT2D eigenvalue weighted by molar-refractivity contribution is -0.0461. The zero-order valence-electron chi connectivity index (χ0n) is 32.1. The second kappa shape index (κ2) is 18.6. The number of carbonyl (C=O) groups is 2. The van der Waals surface area contributed by atoms with E-state index in [9.17, 15) is 19.8 Å². The normalized spacial score (nSPS) is 30.5. The van der Waals surface area contributed by atoms with Crippen molar-refractivity contribution in [2.75, 3.05) is 0 Å². The third kappa shape index (κ3) is 11.1. The summed E-state index contributed by atoms with van der Waals surface area (Å²) in [7, 11) is 0. The molecule has 0 spiro atoms. The molecule has 54 heavy (non-hydrogen) atoms. The molecule has 2 fully saturated rings. The van der Waals surface area contributed by atoms with Gasteiger partial charge < -0.3 is 19.7 Å². The van der Waals surface area contributed by atoms with Gasteiger partial charge in [0, 0.05) is 34.4 Å². The Labute approximate surface area is 328 Å². The van der Waals surface area contributed by atoms with Gasteiger partial charge in [0.2, 0.25) is 0 Å². The number of hydrogen-bond donors (Lipinski definition) is 2. The van der Waals surface area contributed by atoms with Gasteiger partial charge in [-0.3, -0.25) is 0 Å². The summed E-state index contributed by atoms with van der Waals surface area (Å²) in [4.78, 5) is 35.7. The van der Waals surface area contributed by atoms with E-state index >= 15 is 0 Å². The number of nitrogens with zero attached hydrogens (tertiary/aromatic N) is 2. The van der Waals surface area contributed by atoms with Gasteiger partial charge in [-0.15, -0.1) is 22.7 Å². The predicted molar refractivity (Wildman–Crippen MR) is 219 cm³/mol. The molecule has 2 unspecified atom stereocenters. The van der Waals surface area contributed by atoms with Gasteiger partial charge in [-0.05, 0) is 62.5 Å². The second-order valence-electron chi connectivity index (χ2n) is 15.5. The van der Waals surface area contributed by atoms with Crippen LogP contribution in [0.4, 0.5) is 0 Å². The maximum Gasteiger partial charge on any atom is 0.358 e. The predicted octanol–water partition coefficient (Wildman–Crippen LogP) is 9.59. The molecule has 2 aromatic heterocycles. The maximum atomic E-state index is 13.3. The summed E-state index contributed by atoms with van der Waals surface area (Å²) in [6.07, 6.45) is 31.7. The fraction of sp³-hybridized carbons (Fsp3) is 0.455. The minimum atomic E-state index is -0.798. The lowest BCUT2D eigenvalue weighted by Gasteiger charge is -2.36. The lowest BCUT2D eigenvalue weighted by Crippen LogP contribution is -2.42. The summed E-state index contributed by atoms with van der Waals surface area (Å²) in [5, 5.41) is 26.7. The highest BCUT2D eigenvalue weighted by Gasteiger charge is 2.40. The molecule has 2 aliphatic carbocycles. The Bertz CT molecular complexity index is 1710. The van der Waals surface area contributed by atoms with Crippen LogP contribution in [-0.2, 0) is 9.47 Å². The van der Waals surface area contributed by atoms with E-state index in [0.29, 0.717) is 46.5 Å². The third-order valence-corrected chi connectivity index (χ3v) is 12.2. The molecule has 1 aliphatic heterocycles. The van der Waals surface area contributed by atoms with E-state index in [2.05, 4.69) is 46.4 Å². The molecule has 4 bridgehead atoms. The summed E-state index contributed by atoms with van der Waals surface area (Å²) in [5.74, 6) is 0.534. The van der Waals surface area contributed by atoms with Crippen LogP contribution in [0.15, 0.2) is 95.8 Å². The molecular weight excluding hydrogens is 717 g/mol. The van der Waals surface area contributed by atoms with Gasteiger partial charge in [0.15, 0.2) is 11.4 Å². The molecule has 0 radical (unpaired) electrons. The van der Waals surface area contributed by atoms with Crippen LogP contribution in [0.3, 0.4) is 0 Å². The van der Waals surface area contributed by atoms with E-state index in [1.54, 1.807) is 35.1 Å². The average Bonchev–Trinajstić information content (AvgIpc) is 3.93. The first-order valence-corrected chi connectivity index (χ1v) is 20.6. The van der Waals surface area contributed by atoms with Crippen molar-refractivity contribution in [1.29, 1.82) is 0 Å². The number of aromatic nitrogens is 2. The smallest absolute Gasteiger partial charge is 0.358 e. The van der Waals surface area contributed by atoms with E-state index in [0.717, 1.165) is 12.8 Å². The summed E-state index contributed by atoms with van der Waals surface area (Å²) in [6.45, 7) is 11.4. The lowest BCUT2D eigenvalue weighted by atomic mass is 9.79. The Morgan fingerprint density at radius 2 is 1.06 bits per heavy atom. The van der Waals surface area contributed by atoms with Crippen molar-refractivity contribution in [1.82, 2.24) is 9.97 Å². The monoisotopic (exact) mass is 770 g/mol. The van der Waals surface area contributed by atoms with E-state index < -0.39 is 47.2 Å². The van der Waals surface area contributed by atoms with E-state index in [1.807, 2.05) is 78.0 Å². The molecular formula is C44H54N2O6S2. The van der Waals surface area contributed by atoms with E-state index in [1.165, 1.54) is 22.7 Å². The first kappa shape index (κ1) is 41.2. The zero-order chi connectivity index (χ0) is 38.9. The number of ether oxygens (including phenoxy) is 2. The van der Waals surface area contributed by atoms with Crippen LogP contribution < -0.4 is 0 Å². The number of thiazole rings is 2. The van der Waals surface area contributed by atoms with Gasteiger partial charge in [-0.1, -0.05) is 113 Å². The van der Waals surface area contributed by atoms with Crippen molar-refractivity contribution >= 4 is 46.8 Å². The third-order valence-electron chi connectivity index (χ3n) is 10.6. The number of cyclic esters (lactones) is 2. The first-order valence-electron chi connectivity index (χ1n) is 18.8.